The maximum atomic E-state index is 11.3. The van der Waals surface area contributed by atoms with E-state index < -0.39 is 0 Å². The SMILES string of the molecule is CC.CC.COCCNC(=O)c1ccn(C)n1. The molecular formula is C12H25N3O2. The fourth-order valence-electron chi connectivity index (χ4n) is 0.893. The molecule has 0 saturated carbocycles. The molecular weight excluding hydrogens is 218 g/mol. The van der Waals surface area contributed by atoms with Gasteiger partial charge in [-0.05, 0) is 6.07 Å². The third-order valence-electron chi connectivity index (χ3n) is 1.54. The van der Waals surface area contributed by atoms with Crippen molar-refractivity contribution in [3.05, 3.63) is 18.0 Å². The smallest absolute Gasteiger partial charge is 0.271 e. The van der Waals surface area contributed by atoms with Crippen molar-refractivity contribution in [2.45, 2.75) is 27.7 Å². The minimum atomic E-state index is -0.169. The Morgan fingerprint density at radius 3 is 2.41 bits per heavy atom. The van der Waals surface area contributed by atoms with Crippen LogP contribution in [0.3, 0.4) is 0 Å². The molecule has 0 fully saturated rings. The van der Waals surface area contributed by atoms with Crippen molar-refractivity contribution in [2.24, 2.45) is 7.05 Å². The van der Waals surface area contributed by atoms with E-state index in [9.17, 15) is 4.79 Å². The van der Waals surface area contributed by atoms with Crippen molar-refractivity contribution in [1.82, 2.24) is 15.1 Å². The summed E-state index contributed by atoms with van der Waals surface area (Å²) < 4.78 is 6.38. The molecule has 0 saturated heterocycles. The first-order valence-electron chi connectivity index (χ1n) is 6.01. The van der Waals surface area contributed by atoms with Crippen LogP contribution in [0.15, 0.2) is 12.3 Å². The lowest BCUT2D eigenvalue weighted by Crippen LogP contribution is -2.27. The molecule has 1 amide bonds. The highest BCUT2D eigenvalue weighted by Crippen LogP contribution is 1.92. The molecule has 0 bridgehead atoms. The third-order valence-corrected chi connectivity index (χ3v) is 1.54. The van der Waals surface area contributed by atoms with E-state index in [1.807, 2.05) is 27.7 Å². The first-order chi connectivity index (χ1) is 8.24. The molecule has 1 aromatic rings. The average molecular weight is 243 g/mol. The Labute approximate surface area is 104 Å². The van der Waals surface area contributed by atoms with Crippen LogP contribution in [-0.4, -0.2) is 35.9 Å². The Morgan fingerprint density at radius 2 is 2.00 bits per heavy atom. The number of amides is 1. The van der Waals surface area contributed by atoms with Gasteiger partial charge >= 0.3 is 0 Å². The molecule has 0 radical (unpaired) electrons. The number of nitrogens with zero attached hydrogens (tertiary/aromatic N) is 2. The third kappa shape index (κ3) is 8.45. The lowest BCUT2D eigenvalue weighted by atomic mass is 10.4. The summed E-state index contributed by atoms with van der Waals surface area (Å²) in [5, 5.41) is 6.63. The molecule has 0 aliphatic rings. The number of methoxy groups -OCH3 is 1. The molecule has 0 spiro atoms. The van der Waals surface area contributed by atoms with E-state index in [4.69, 9.17) is 4.74 Å². The zero-order valence-corrected chi connectivity index (χ0v) is 11.8. The number of hydrogen-bond donors (Lipinski definition) is 1. The molecule has 1 heterocycles. The number of nitrogens with one attached hydrogen (secondary N) is 1. The van der Waals surface area contributed by atoms with Gasteiger partial charge in [-0.2, -0.15) is 5.10 Å². The number of ether oxygens (including phenoxy) is 1. The van der Waals surface area contributed by atoms with Gasteiger partial charge in [0.2, 0.25) is 0 Å². The molecule has 0 atom stereocenters. The second kappa shape index (κ2) is 12.7. The van der Waals surface area contributed by atoms with E-state index in [1.165, 1.54) is 0 Å². The van der Waals surface area contributed by atoms with Crippen molar-refractivity contribution < 1.29 is 9.53 Å². The van der Waals surface area contributed by atoms with Crippen LogP contribution in [0.5, 0.6) is 0 Å². The van der Waals surface area contributed by atoms with E-state index in [-0.39, 0.29) is 5.91 Å². The number of carbonyl (C=O) groups is 1. The normalized spacial score (nSPS) is 8.35. The van der Waals surface area contributed by atoms with E-state index in [0.29, 0.717) is 18.8 Å². The highest BCUT2D eigenvalue weighted by molar-refractivity contribution is 5.92. The van der Waals surface area contributed by atoms with Crippen LogP contribution in [-0.2, 0) is 11.8 Å². The minimum absolute atomic E-state index is 0.169. The Balaban J connectivity index is 0. The van der Waals surface area contributed by atoms with Gasteiger partial charge in [0.15, 0.2) is 0 Å². The molecule has 0 aliphatic heterocycles. The molecule has 5 heteroatoms. The molecule has 5 nitrogen and oxygen atoms in total. The summed E-state index contributed by atoms with van der Waals surface area (Å²) in [6, 6.07) is 1.67. The molecule has 17 heavy (non-hydrogen) atoms. The minimum Gasteiger partial charge on any atom is -0.383 e. The Morgan fingerprint density at radius 1 is 1.41 bits per heavy atom. The molecule has 1 N–H and O–H groups in total. The summed E-state index contributed by atoms with van der Waals surface area (Å²) >= 11 is 0. The van der Waals surface area contributed by atoms with E-state index in [2.05, 4.69) is 10.4 Å². The van der Waals surface area contributed by atoms with Gasteiger partial charge in [-0.1, -0.05) is 27.7 Å². The van der Waals surface area contributed by atoms with Crippen LogP contribution in [0.1, 0.15) is 38.2 Å². The molecule has 1 rings (SSSR count). The standard InChI is InChI=1S/C8H13N3O2.2C2H6/c1-11-5-3-7(10-11)8(12)9-4-6-13-2;2*1-2/h3,5H,4,6H2,1-2H3,(H,9,12);2*1-2H3. The lowest BCUT2D eigenvalue weighted by Gasteiger charge is -2.00. The first-order valence-corrected chi connectivity index (χ1v) is 6.01. The molecule has 1 aromatic heterocycles. The van der Waals surface area contributed by atoms with Crippen LogP contribution in [0, 0.1) is 0 Å². The molecule has 0 aliphatic carbocycles. The maximum Gasteiger partial charge on any atom is 0.271 e. The van der Waals surface area contributed by atoms with Gasteiger partial charge < -0.3 is 10.1 Å². The maximum absolute atomic E-state index is 11.3. The van der Waals surface area contributed by atoms with E-state index >= 15 is 0 Å². The van der Waals surface area contributed by atoms with E-state index in [0.717, 1.165) is 0 Å². The summed E-state index contributed by atoms with van der Waals surface area (Å²) in [5.74, 6) is -0.169. The van der Waals surface area contributed by atoms with Crippen LogP contribution in [0.2, 0.25) is 0 Å². The van der Waals surface area contributed by atoms with Crippen LogP contribution >= 0.6 is 0 Å². The molecule has 0 aromatic carbocycles. The van der Waals surface area contributed by atoms with Gasteiger partial charge in [-0.25, -0.2) is 0 Å². The first kappa shape index (κ1) is 18.0. The second-order valence-electron chi connectivity index (χ2n) is 2.62. The van der Waals surface area contributed by atoms with Crippen molar-refractivity contribution in [2.75, 3.05) is 20.3 Å². The van der Waals surface area contributed by atoms with Gasteiger partial charge in [-0.3, -0.25) is 9.48 Å². The van der Waals surface area contributed by atoms with Crippen LogP contribution in [0.25, 0.3) is 0 Å². The van der Waals surface area contributed by atoms with Gasteiger partial charge in [0.1, 0.15) is 5.69 Å². The zero-order valence-electron chi connectivity index (χ0n) is 11.8. The monoisotopic (exact) mass is 243 g/mol. The summed E-state index contributed by atoms with van der Waals surface area (Å²) in [4.78, 5) is 11.3. The van der Waals surface area contributed by atoms with Crippen LogP contribution < -0.4 is 5.32 Å². The van der Waals surface area contributed by atoms with Gasteiger partial charge in [0.05, 0.1) is 6.61 Å². The summed E-state index contributed by atoms with van der Waals surface area (Å²) in [6.45, 7) is 9.02. The highest BCUT2D eigenvalue weighted by Gasteiger charge is 2.06. The summed E-state index contributed by atoms with van der Waals surface area (Å²) in [5.41, 5.74) is 0.429. The second-order valence-corrected chi connectivity index (χ2v) is 2.62. The van der Waals surface area contributed by atoms with Gasteiger partial charge in [0, 0.05) is 26.9 Å². The highest BCUT2D eigenvalue weighted by atomic mass is 16.5. The number of aromatic nitrogens is 2. The van der Waals surface area contributed by atoms with Crippen molar-refractivity contribution in [1.29, 1.82) is 0 Å². The van der Waals surface area contributed by atoms with Gasteiger partial charge in [-0.15, -0.1) is 0 Å². The topological polar surface area (TPSA) is 56.1 Å². The quantitative estimate of drug-likeness (QED) is 0.821. The van der Waals surface area contributed by atoms with Crippen molar-refractivity contribution >= 4 is 5.91 Å². The summed E-state index contributed by atoms with van der Waals surface area (Å²) in [7, 11) is 3.36. The number of aryl methyl sites for hydroxylation is 1. The fraction of sp³-hybridized carbons (Fsp3) is 0.667. The van der Waals surface area contributed by atoms with E-state index in [1.54, 1.807) is 31.1 Å². The number of carbonyl (C=O) groups excluding carboxylic acids is 1. The van der Waals surface area contributed by atoms with Crippen LogP contribution in [0.4, 0.5) is 0 Å². The number of rotatable bonds is 4. The Hall–Kier alpha value is -1.36. The largest absolute Gasteiger partial charge is 0.383 e. The predicted molar refractivity (Wildman–Crippen MR) is 70.1 cm³/mol. The lowest BCUT2D eigenvalue weighted by molar-refractivity contribution is 0.0931. The van der Waals surface area contributed by atoms with Crippen molar-refractivity contribution in [3.8, 4) is 0 Å². The van der Waals surface area contributed by atoms with Crippen molar-refractivity contribution in [3.63, 3.8) is 0 Å². The zero-order chi connectivity index (χ0) is 13.7. The molecule has 100 valence electrons. The molecule has 0 unspecified atom stereocenters. The average Bonchev–Trinajstić information content (AvgIpc) is 2.81. The Kier molecular flexibility index (Phi) is 13.5. The summed E-state index contributed by atoms with van der Waals surface area (Å²) in [6.07, 6.45) is 1.73. The Bertz CT molecular complexity index is 285. The predicted octanol–water partition coefficient (Wildman–Crippen LogP) is 1.85. The van der Waals surface area contributed by atoms with Gasteiger partial charge in [0.25, 0.3) is 5.91 Å². The fourth-order valence-corrected chi connectivity index (χ4v) is 0.893. The number of hydrogen-bond acceptors (Lipinski definition) is 3.